The van der Waals surface area contributed by atoms with Gasteiger partial charge in [0, 0.05) is 12.1 Å². The van der Waals surface area contributed by atoms with Crippen LogP contribution in [-0.4, -0.2) is 42.0 Å². The van der Waals surface area contributed by atoms with Crippen molar-refractivity contribution in [3.05, 3.63) is 29.3 Å². The van der Waals surface area contributed by atoms with Gasteiger partial charge < -0.3 is 10.4 Å². The molecule has 0 aliphatic carbocycles. The molecule has 0 saturated carbocycles. The van der Waals surface area contributed by atoms with Crippen LogP contribution in [0.3, 0.4) is 0 Å². The zero-order chi connectivity index (χ0) is 15.1. The first kappa shape index (κ1) is 16.2. The summed E-state index contributed by atoms with van der Waals surface area (Å²) in [6.45, 7) is 4.76. The van der Waals surface area contributed by atoms with Crippen molar-refractivity contribution in [3.63, 3.8) is 0 Å². The van der Waals surface area contributed by atoms with Crippen molar-refractivity contribution in [2.45, 2.75) is 26.7 Å². The van der Waals surface area contributed by atoms with E-state index >= 15 is 0 Å². The Bertz CT molecular complexity index is 466. The maximum Gasteiger partial charge on any atom is 0.303 e. The summed E-state index contributed by atoms with van der Waals surface area (Å²) < 4.78 is 0. The topological polar surface area (TPSA) is 69.6 Å². The van der Waals surface area contributed by atoms with Crippen LogP contribution in [0.1, 0.15) is 24.0 Å². The second-order valence-electron chi connectivity index (χ2n) is 5.05. The van der Waals surface area contributed by atoms with Crippen LogP contribution in [-0.2, 0) is 9.59 Å². The maximum absolute atomic E-state index is 12.0. The first-order chi connectivity index (χ1) is 9.40. The van der Waals surface area contributed by atoms with Crippen molar-refractivity contribution in [2.24, 2.45) is 0 Å². The van der Waals surface area contributed by atoms with Crippen molar-refractivity contribution in [3.8, 4) is 0 Å². The lowest BCUT2D eigenvalue weighted by Gasteiger charge is -2.17. The number of benzene rings is 1. The van der Waals surface area contributed by atoms with E-state index < -0.39 is 5.97 Å². The highest BCUT2D eigenvalue weighted by Gasteiger charge is 2.10. The number of carboxylic acids is 1. The number of carbonyl (C=O) groups excluding carboxylic acids is 1. The van der Waals surface area contributed by atoms with E-state index in [1.165, 1.54) is 0 Å². The fraction of sp³-hybridized carbons (Fsp3) is 0.467. The molecular weight excluding hydrogens is 256 g/mol. The molecule has 5 heteroatoms. The Balaban J connectivity index is 2.45. The highest BCUT2D eigenvalue weighted by Crippen LogP contribution is 2.19. The molecule has 0 radical (unpaired) electrons. The van der Waals surface area contributed by atoms with Crippen molar-refractivity contribution in [1.82, 2.24) is 4.90 Å². The number of rotatable bonds is 7. The summed E-state index contributed by atoms with van der Waals surface area (Å²) in [5.74, 6) is -0.890. The molecule has 0 bridgehead atoms. The van der Waals surface area contributed by atoms with Gasteiger partial charge in [0.25, 0.3) is 0 Å². The van der Waals surface area contributed by atoms with Gasteiger partial charge in [0.05, 0.1) is 6.54 Å². The number of carboxylic acid groups (broad SMARTS) is 1. The van der Waals surface area contributed by atoms with Crippen LogP contribution >= 0.6 is 0 Å². The maximum atomic E-state index is 12.0. The molecule has 1 aromatic rings. The van der Waals surface area contributed by atoms with Crippen LogP contribution in [0, 0.1) is 13.8 Å². The Labute approximate surface area is 119 Å². The van der Waals surface area contributed by atoms with Gasteiger partial charge >= 0.3 is 5.97 Å². The lowest BCUT2D eigenvalue weighted by Crippen LogP contribution is -2.31. The molecule has 0 spiro atoms. The van der Waals surface area contributed by atoms with E-state index in [1.54, 1.807) is 0 Å². The van der Waals surface area contributed by atoms with Gasteiger partial charge in [-0.2, -0.15) is 0 Å². The Morgan fingerprint density at radius 1 is 1.25 bits per heavy atom. The van der Waals surface area contributed by atoms with E-state index in [-0.39, 0.29) is 18.9 Å². The van der Waals surface area contributed by atoms with E-state index in [4.69, 9.17) is 5.11 Å². The average molecular weight is 278 g/mol. The minimum Gasteiger partial charge on any atom is -0.481 e. The average Bonchev–Trinajstić information content (AvgIpc) is 2.33. The Morgan fingerprint density at radius 3 is 2.40 bits per heavy atom. The second-order valence-corrected chi connectivity index (χ2v) is 5.05. The van der Waals surface area contributed by atoms with Gasteiger partial charge in [-0.1, -0.05) is 18.2 Å². The molecule has 0 aliphatic heterocycles. The summed E-state index contributed by atoms with van der Waals surface area (Å²) in [5, 5.41) is 11.5. The summed E-state index contributed by atoms with van der Waals surface area (Å²) in [5.41, 5.74) is 2.93. The lowest BCUT2D eigenvalue weighted by atomic mass is 10.1. The third-order valence-corrected chi connectivity index (χ3v) is 3.09. The summed E-state index contributed by atoms with van der Waals surface area (Å²) in [6, 6.07) is 5.87. The van der Waals surface area contributed by atoms with Crippen LogP contribution in [0.15, 0.2) is 18.2 Å². The molecule has 0 saturated heterocycles. The zero-order valence-electron chi connectivity index (χ0n) is 12.3. The molecule has 2 N–H and O–H groups in total. The largest absolute Gasteiger partial charge is 0.481 e. The van der Waals surface area contributed by atoms with Gasteiger partial charge in [-0.25, -0.2) is 0 Å². The van der Waals surface area contributed by atoms with Crippen molar-refractivity contribution in [2.75, 3.05) is 25.5 Å². The minimum absolute atomic E-state index is 0.0831. The molecule has 1 amide bonds. The van der Waals surface area contributed by atoms with E-state index in [2.05, 4.69) is 5.32 Å². The van der Waals surface area contributed by atoms with Crippen LogP contribution in [0.5, 0.6) is 0 Å². The Morgan fingerprint density at radius 2 is 1.85 bits per heavy atom. The summed E-state index contributed by atoms with van der Waals surface area (Å²) in [6.07, 6.45) is 0.672. The molecule has 20 heavy (non-hydrogen) atoms. The third kappa shape index (κ3) is 5.40. The minimum atomic E-state index is -0.807. The molecule has 0 aromatic heterocycles. The molecular formula is C15H22N2O3. The predicted octanol–water partition coefficient (Wildman–Crippen LogP) is 2.04. The van der Waals surface area contributed by atoms with Crippen molar-refractivity contribution >= 4 is 17.6 Å². The normalized spacial score (nSPS) is 10.6. The van der Waals surface area contributed by atoms with Gasteiger partial charge in [0.2, 0.25) is 5.91 Å². The Hall–Kier alpha value is -1.88. The molecule has 0 heterocycles. The molecule has 1 rings (SSSR count). The second kappa shape index (κ2) is 7.65. The highest BCUT2D eigenvalue weighted by atomic mass is 16.4. The molecule has 0 atom stereocenters. The predicted molar refractivity (Wildman–Crippen MR) is 78.9 cm³/mol. The number of aliphatic carboxylic acids is 1. The number of nitrogens with zero attached hydrogens (tertiary/aromatic N) is 1. The quantitative estimate of drug-likeness (QED) is 0.800. The van der Waals surface area contributed by atoms with E-state index in [9.17, 15) is 9.59 Å². The molecule has 0 fully saturated rings. The highest BCUT2D eigenvalue weighted by molar-refractivity contribution is 5.93. The standard InChI is InChI=1S/C15H22N2O3/c1-11-6-4-7-12(2)15(11)16-13(18)10-17(3)9-5-8-14(19)20/h4,6-7H,5,8-10H2,1-3H3,(H,16,18)(H,19,20). The summed E-state index contributed by atoms with van der Waals surface area (Å²) in [7, 11) is 1.81. The number of anilines is 1. The van der Waals surface area contributed by atoms with Gasteiger partial charge in [0.1, 0.15) is 0 Å². The fourth-order valence-corrected chi connectivity index (χ4v) is 2.01. The van der Waals surface area contributed by atoms with Crippen LogP contribution in [0.2, 0.25) is 0 Å². The number of amides is 1. The van der Waals surface area contributed by atoms with Crippen LogP contribution in [0.4, 0.5) is 5.69 Å². The smallest absolute Gasteiger partial charge is 0.303 e. The molecule has 110 valence electrons. The summed E-state index contributed by atoms with van der Waals surface area (Å²) >= 11 is 0. The van der Waals surface area contributed by atoms with Gasteiger partial charge in [-0.3, -0.25) is 14.5 Å². The molecule has 0 unspecified atom stereocenters. The SMILES string of the molecule is Cc1cccc(C)c1NC(=O)CN(C)CCCC(=O)O. The number of para-hydroxylation sites is 1. The van der Waals surface area contributed by atoms with E-state index in [0.717, 1.165) is 16.8 Å². The van der Waals surface area contributed by atoms with Gasteiger partial charge in [0.15, 0.2) is 0 Å². The number of carbonyl (C=O) groups is 2. The third-order valence-electron chi connectivity index (χ3n) is 3.09. The molecule has 0 aliphatic rings. The van der Waals surface area contributed by atoms with Gasteiger partial charge in [-0.15, -0.1) is 0 Å². The lowest BCUT2D eigenvalue weighted by molar-refractivity contribution is -0.137. The van der Waals surface area contributed by atoms with Crippen LogP contribution in [0.25, 0.3) is 0 Å². The number of likely N-dealkylation sites (N-methyl/N-ethyl adjacent to an activating group) is 1. The molecule has 5 nitrogen and oxygen atoms in total. The number of nitrogens with one attached hydrogen (secondary N) is 1. The number of hydrogen-bond donors (Lipinski definition) is 2. The first-order valence-corrected chi connectivity index (χ1v) is 6.66. The van der Waals surface area contributed by atoms with Crippen LogP contribution < -0.4 is 5.32 Å². The first-order valence-electron chi connectivity index (χ1n) is 6.66. The number of aryl methyl sites for hydroxylation is 2. The molecule has 1 aromatic carbocycles. The van der Waals surface area contributed by atoms with Crippen molar-refractivity contribution in [1.29, 1.82) is 0 Å². The van der Waals surface area contributed by atoms with E-state index in [0.29, 0.717) is 13.0 Å². The van der Waals surface area contributed by atoms with Gasteiger partial charge in [-0.05, 0) is 45.0 Å². The monoisotopic (exact) mass is 278 g/mol. The number of hydrogen-bond acceptors (Lipinski definition) is 3. The summed E-state index contributed by atoms with van der Waals surface area (Å²) in [4.78, 5) is 24.2. The zero-order valence-corrected chi connectivity index (χ0v) is 12.3. The van der Waals surface area contributed by atoms with E-state index in [1.807, 2.05) is 44.0 Å². The van der Waals surface area contributed by atoms with Crippen molar-refractivity contribution < 1.29 is 14.7 Å². The fourth-order valence-electron chi connectivity index (χ4n) is 2.01. The Kier molecular flexibility index (Phi) is 6.18.